The van der Waals surface area contributed by atoms with Crippen LogP contribution in [-0.4, -0.2) is 15.0 Å². The minimum atomic E-state index is -3.99. The second kappa shape index (κ2) is 9.56. The lowest BCUT2D eigenvalue weighted by molar-refractivity contribution is 0.469. The summed E-state index contributed by atoms with van der Waals surface area (Å²) in [6.07, 6.45) is 0. The highest BCUT2D eigenvalue weighted by molar-refractivity contribution is 7.89. The fourth-order valence-corrected chi connectivity index (χ4v) is 3.68. The summed E-state index contributed by atoms with van der Waals surface area (Å²) in [7, 11) is -3.99. The molecule has 3 rings (SSSR count). The number of anilines is 1. The Hall–Kier alpha value is -2.87. The van der Waals surface area contributed by atoms with E-state index in [-0.39, 0.29) is 10.6 Å². The van der Waals surface area contributed by atoms with Gasteiger partial charge in [0.25, 0.3) is 0 Å². The normalized spacial score (nSPS) is 11.2. The van der Waals surface area contributed by atoms with Crippen molar-refractivity contribution in [2.45, 2.75) is 24.9 Å². The zero-order valence-corrected chi connectivity index (χ0v) is 17.1. The molecule has 0 atom stereocenters. The lowest BCUT2D eigenvalue weighted by atomic mass is 10.1. The number of primary sulfonamides is 1. The fraction of sp³-hybridized carbons (Fsp3) is 0.182. The third-order valence-electron chi connectivity index (χ3n) is 4.25. The molecule has 4 N–H and O–H groups in total. The van der Waals surface area contributed by atoms with Gasteiger partial charge in [-0.25, -0.2) is 13.6 Å². The predicted octanol–water partition coefficient (Wildman–Crippen LogP) is 3.85. The van der Waals surface area contributed by atoms with Gasteiger partial charge in [0.05, 0.1) is 5.69 Å². The summed E-state index contributed by atoms with van der Waals surface area (Å²) in [5.41, 5.74) is 2.52. The van der Waals surface area contributed by atoms with Gasteiger partial charge in [0.1, 0.15) is 10.6 Å². The largest absolute Gasteiger partial charge is 0.454 e. The van der Waals surface area contributed by atoms with Crippen LogP contribution in [-0.2, 0) is 23.1 Å². The van der Waals surface area contributed by atoms with Crippen LogP contribution >= 0.6 is 0 Å². The number of sulfonamides is 1. The van der Waals surface area contributed by atoms with Crippen molar-refractivity contribution in [1.82, 2.24) is 5.32 Å². The molecule has 0 fully saturated rings. The molecule has 0 aliphatic rings. The van der Waals surface area contributed by atoms with Gasteiger partial charge in [-0.1, -0.05) is 48.5 Å². The van der Waals surface area contributed by atoms with Crippen LogP contribution in [0.3, 0.4) is 0 Å². The van der Waals surface area contributed by atoms with E-state index < -0.39 is 10.0 Å². The van der Waals surface area contributed by atoms with E-state index in [0.717, 1.165) is 11.1 Å². The van der Waals surface area contributed by atoms with Crippen molar-refractivity contribution < 1.29 is 13.2 Å². The number of nitrogens with one attached hydrogen (secondary N) is 2. The van der Waals surface area contributed by atoms with Crippen LogP contribution < -0.4 is 20.5 Å². The van der Waals surface area contributed by atoms with Crippen LogP contribution in [0.2, 0.25) is 0 Å². The first-order valence-corrected chi connectivity index (χ1v) is 10.9. The van der Waals surface area contributed by atoms with Gasteiger partial charge in [0.2, 0.25) is 10.0 Å². The Kier molecular flexibility index (Phi) is 6.87. The zero-order chi connectivity index (χ0) is 20.7. The lowest BCUT2D eigenvalue weighted by Gasteiger charge is -2.18. The van der Waals surface area contributed by atoms with Crippen molar-refractivity contribution in [3.05, 3.63) is 83.9 Å². The molecule has 0 spiro atoms. The summed E-state index contributed by atoms with van der Waals surface area (Å²) >= 11 is 0. The Morgan fingerprint density at radius 1 is 0.897 bits per heavy atom. The summed E-state index contributed by atoms with van der Waals surface area (Å²) in [5, 5.41) is 12.0. The molecule has 0 amide bonds. The Morgan fingerprint density at radius 3 is 2.14 bits per heavy atom. The summed E-state index contributed by atoms with van der Waals surface area (Å²) in [4.78, 5) is -0.0451. The third kappa shape index (κ3) is 5.80. The van der Waals surface area contributed by atoms with Gasteiger partial charge >= 0.3 is 0 Å². The number of hydrogen-bond donors (Lipinski definition) is 3. The van der Waals surface area contributed by atoms with E-state index in [4.69, 9.17) is 9.88 Å². The van der Waals surface area contributed by atoms with Crippen molar-refractivity contribution in [3.8, 4) is 11.5 Å². The van der Waals surface area contributed by atoms with E-state index in [1.807, 2.05) is 61.5 Å². The summed E-state index contributed by atoms with van der Waals surface area (Å²) in [5.74, 6) is 0.735. The van der Waals surface area contributed by atoms with Crippen LogP contribution in [0.25, 0.3) is 0 Å². The SMILES string of the molecule is CCNc1cc(CNCc2ccccc2)cc(S(N)(=O)=O)c1Oc1ccccc1. The quantitative estimate of drug-likeness (QED) is 0.497. The zero-order valence-electron chi connectivity index (χ0n) is 16.3. The fourth-order valence-electron chi connectivity index (χ4n) is 2.95. The van der Waals surface area contributed by atoms with Gasteiger partial charge in [-0.2, -0.15) is 0 Å². The van der Waals surface area contributed by atoms with Gasteiger partial charge in [-0.05, 0) is 42.3 Å². The molecule has 6 nitrogen and oxygen atoms in total. The smallest absolute Gasteiger partial charge is 0.241 e. The van der Waals surface area contributed by atoms with Crippen LogP contribution in [0.15, 0.2) is 77.7 Å². The van der Waals surface area contributed by atoms with E-state index in [1.165, 1.54) is 0 Å². The number of nitrogens with two attached hydrogens (primary N) is 1. The maximum atomic E-state index is 12.3. The van der Waals surface area contributed by atoms with E-state index in [2.05, 4.69) is 10.6 Å². The average Bonchev–Trinajstić information content (AvgIpc) is 2.70. The molecular formula is C22H25N3O3S. The highest BCUT2D eigenvalue weighted by Gasteiger charge is 2.21. The first-order valence-electron chi connectivity index (χ1n) is 9.38. The van der Waals surface area contributed by atoms with Crippen molar-refractivity contribution in [1.29, 1.82) is 0 Å². The summed E-state index contributed by atoms with van der Waals surface area (Å²) in [6.45, 7) is 3.70. The number of ether oxygens (including phenoxy) is 1. The van der Waals surface area contributed by atoms with E-state index in [9.17, 15) is 8.42 Å². The molecule has 0 unspecified atom stereocenters. The average molecular weight is 412 g/mol. The summed E-state index contributed by atoms with van der Waals surface area (Å²) < 4.78 is 30.5. The highest BCUT2D eigenvalue weighted by Crippen LogP contribution is 2.37. The predicted molar refractivity (Wildman–Crippen MR) is 115 cm³/mol. The minimum absolute atomic E-state index is 0.0451. The molecule has 0 saturated carbocycles. The standard InChI is InChI=1S/C22H25N3O3S/c1-2-25-20-13-18(16-24-15-17-9-5-3-6-10-17)14-21(29(23,26)27)22(20)28-19-11-7-4-8-12-19/h3-14,24-25H,2,15-16H2,1H3,(H2,23,26,27). The third-order valence-corrected chi connectivity index (χ3v) is 5.17. The molecule has 7 heteroatoms. The number of hydrogen-bond acceptors (Lipinski definition) is 5. The van der Waals surface area contributed by atoms with Crippen LogP contribution in [0.4, 0.5) is 5.69 Å². The van der Waals surface area contributed by atoms with Crippen molar-refractivity contribution in [2.24, 2.45) is 5.14 Å². The summed E-state index contributed by atoms with van der Waals surface area (Å²) in [6, 6.07) is 22.5. The van der Waals surface area contributed by atoms with Gasteiger partial charge in [0.15, 0.2) is 5.75 Å². The Bertz CT molecular complexity index is 1040. The molecule has 0 aliphatic heterocycles. The first kappa shape index (κ1) is 20.9. The maximum Gasteiger partial charge on any atom is 0.241 e. The van der Waals surface area contributed by atoms with Gasteiger partial charge in [-0.15, -0.1) is 0 Å². The van der Waals surface area contributed by atoms with Gasteiger partial charge in [0, 0.05) is 19.6 Å². The van der Waals surface area contributed by atoms with Crippen molar-refractivity contribution in [3.63, 3.8) is 0 Å². The molecule has 0 radical (unpaired) electrons. The van der Waals surface area contributed by atoms with Crippen LogP contribution in [0.1, 0.15) is 18.1 Å². The first-order chi connectivity index (χ1) is 14.0. The van der Waals surface area contributed by atoms with Crippen molar-refractivity contribution in [2.75, 3.05) is 11.9 Å². The monoisotopic (exact) mass is 411 g/mol. The molecule has 3 aromatic rings. The molecule has 0 saturated heterocycles. The molecule has 0 bridgehead atoms. The van der Waals surface area contributed by atoms with E-state index in [0.29, 0.717) is 31.1 Å². The number of benzene rings is 3. The number of rotatable bonds is 9. The van der Waals surface area contributed by atoms with E-state index in [1.54, 1.807) is 18.2 Å². The van der Waals surface area contributed by atoms with Crippen LogP contribution in [0.5, 0.6) is 11.5 Å². The Balaban J connectivity index is 1.91. The molecule has 3 aromatic carbocycles. The molecule has 0 heterocycles. The topological polar surface area (TPSA) is 93.5 Å². The lowest BCUT2D eigenvalue weighted by Crippen LogP contribution is -2.17. The molecule has 0 aromatic heterocycles. The Labute approximate surface area is 171 Å². The van der Waals surface area contributed by atoms with Gasteiger partial charge < -0.3 is 15.4 Å². The molecule has 0 aliphatic carbocycles. The Morgan fingerprint density at radius 2 is 1.52 bits per heavy atom. The van der Waals surface area contributed by atoms with Crippen LogP contribution in [0, 0.1) is 0 Å². The van der Waals surface area contributed by atoms with Crippen molar-refractivity contribution >= 4 is 15.7 Å². The number of para-hydroxylation sites is 1. The minimum Gasteiger partial charge on any atom is -0.454 e. The maximum absolute atomic E-state index is 12.3. The highest BCUT2D eigenvalue weighted by atomic mass is 32.2. The second-order valence-electron chi connectivity index (χ2n) is 6.55. The molecular weight excluding hydrogens is 386 g/mol. The van der Waals surface area contributed by atoms with E-state index >= 15 is 0 Å². The van der Waals surface area contributed by atoms with Gasteiger partial charge in [-0.3, -0.25) is 0 Å². The molecule has 152 valence electrons. The molecule has 29 heavy (non-hydrogen) atoms. The second-order valence-corrected chi connectivity index (χ2v) is 8.08.